The topological polar surface area (TPSA) is 97.4 Å². The predicted molar refractivity (Wildman–Crippen MR) is 129 cm³/mol. The van der Waals surface area contributed by atoms with Gasteiger partial charge in [0.25, 0.3) is 0 Å². The Bertz CT molecular complexity index is 942. The third-order valence-corrected chi connectivity index (χ3v) is 6.06. The molecule has 1 aliphatic carbocycles. The quantitative estimate of drug-likeness (QED) is 0.136. The Morgan fingerprint density at radius 3 is 1.43 bits per heavy atom. The van der Waals surface area contributed by atoms with Crippen LogP contribution in [0, 0.1) is 11.8 Å². The summed E-state index contributed by atoms with van der Waals surface area (Å²) in [6.45, 7) is 15.5. The molecule has 0 amide bonds. The molecule has 0 heterocycles. The highest BCUT2D eigenvalue weighted by atomic mass is 19.4. The number of alkyl halides is 6. The van der Waals surface area contributed by atoms with E-state index in [0.29, 0.717) is 0 Å². The lowest BCUT2D eigenvalue weighted by Crippen LogP contribution is -2.66. The first-order valence-corrected chi connectivity index (χ1v) is 12.4. The van der Waals surface area contributed by atoms with Crippen molar-refractivity contribution in [2.75, 3.05) is 0 Å². The van der Waals surface area contributed by atoms with E-state index in [4.69, 9.17) is 14.2 Å². The number of rotatable bonds is 6. The van der Waals surface area contributed by atoms with Crippen LogP contribution in [0.4, 0.5) is 35.9 Å². The SMILES string of the molecule is C=C(C)C(=O)OC1CC(C(C)(C)OC(=O)OC(C)(C)C)CC(C(OC(=O)OC(C)(C)C)(C(F)(F)F)C(F)(F)F)C1. The molecule has 40 heavy (non-hydrogen) atoms. The van der Waals surface area contributed by atoms with E-state index >= 15 is 0 Å². The highest BCUT2D eigenvalue weighted by Crippen LogP contribution is 2.56. The van der Waals surface area contributed by atoms with Crippen LogP contribution in [-0.4, -0.2) is 59.1 Å². The lowest BCUT2D eigenvalue weighted by molar-refractivity contribution is -0.390. The first-order valence-electron chi connectivity index (χ1n) is 12.4. The molecule has 0 radical (unpaired) electrons. The summed E-state index contributed by atoms with van der Waals surface area (Å²) >= 11 is 0. The summed E-state index contributed by atoms with van der Waals surface area (Å²) in [5, 5.41) is 0. The molecule has 0 bridgehead atoms. The number of esters is 1. The van der Waals surface area contributed by atoms with Crippen LogP contribution in [-0.2, 0) is 28.5 Å². The summed E-state index contributed by atoms with van der Waals surface area (Å²) in [6.07, 6.45) is -19.4. The lowest BCUT2D eigenvalue weighted by Gasteiger charge is -2.48. The summed E-state index contributed by atoms with van der Waals surface area (Å²) in [5.41, 5.74) is -9.38. The van der Waals surface area contributed by atoms with Crippen molar-refractivity contribution in [1.82, 2.24) is 0 Å². The van der Waals surface area contributed by atoms with Gasteiger partial charge in [-0.05, 0) is 81.6 Å². The van der Waals surface area contributed by atoms with Crippen LogP contribution in [0.2, 0.25) is 0 Å². The van der Waals surface area contributed by atoms with Gasteiger partial charge in [-0.1, -0.05) is 6.58 Å². The van der Waals surface area contributed by atoms with Gasteiger partial charge in [-0.15, -0.1) is 0 Å². The molecule has 0 aromatic rings. The number of halogens is 6. The van der Waals surface area contributed by atoms with E-state index in [1.165, 1.54) is 62.3 Å². The monoisotopic (exact) mass is 592 g/mol. The largest absolute Gasteiger partial charge is 0.510 e. The van der Waals surface area contributed by atoms with E-state index in [0.717, 1.165) is 0 Å². The fourth-order valence-corrected chi connectivity index (χ4v) is 4.31. The zero-order chi connectivity index (χ0) is 31.7. The van der Waals surface area contributed by atoms with E-state index < -0.39 is 83.8 Å². The maximum absolute atomic E-state index is 14.5. The van der Waals surface area contributed by atoms with Crippen LogP contribution >= 0.6 is 0 Å². The van der Waals surface area contributed by atoms with Crippen molar-refractivity contribution in [3.63, 3.8) is 0 Å². The fourth-order valence-electron chi connectivity index (χ4n) is 4.31. The molecule has 1 rings (SSSR count). The second kappa shape index (κ2) is 11.7. The first-order chi connectivity index (χ1) is 17.6. The maximum atomic E-state index is 14.5. The average molecular weight is 593 g/mol. The molecule has 0 N–H and O–H groups in total. The van der Waals surface area contributed by atoms with E-state index in [-0.39, 0.29) is 12.0 Å². The van der Waals surface area contributed by atoms with Crippen LogP contribution in [0.25, 0.3) is 0 Å². The molecule has 1 fully saturated rings. The Morgan fingerprint density at radius 1 is 0.650 bits per heavy atom. The van der Waals surface area contributed by atoms with Gasteiger partial charge in [-0.2, -0.15) is 26.3 Å². The van der Waals surface area contributed by atoms with E-state index in [1.54, 1.807) is 0 Å². The molecule has 232 valence electrons. The number of hydrogen-bond donors (Lipinski definition) is 0. The van der Waals surface area contributed by atoms with E-state index in [1.807, 2.05) is 0 Å². The lowest BCUT2D eigenvalue weighted by atomic mass is 9.66. The Morgan fingerprint density at radius 2 is 1.05 bits per heavy atom. The predicted octanol–water partition coefficient (Wildman–Crippen LogP) is 7.44. The molecule has 3 atom stereocenters. The molecule has 1 aliphatic rings. The zero-order valence-corrected chi connectivity index (χ0v) is 24.1. The van der Waals surface area contributed by atoms with Crippen molar-refractivity contribution in [2.24, 2.45) is 11.8 Å². The van der Waals surface area contributed by atoms with Crippen LogP contribution in [0.15, 0.2) is 12.2 Å². The number of carbonyl (C=O) groups is 3. The normalized spacial score (nSPS) is 21.2. The maximum Gasteiger partial charge on any atom is 0.510 e. The molecule has 8 nitrogen and oxygen atoms in total. The van der Waals surface area contributed by atoms with Crippen LogP contribution in [0.5, 0.6) is 0 Å². The van der Waals surface area contributed by atoms with Gasteiger partial charge < -0.3 is 23.7 Å². The Kier molecular flexibility index (Phi) is 10.3. The number of ether oxygens (including phenoxy) is 5. The third-order valence-electron chi connectivity index (χ3n) is 6.06. The highest BCUT2D eigenvalue weighted by Gasteiger charge is 2.78. The number of carbonyl (C=O) groups excluding carboxylic acids is 3. The Balaban J connectivity index is 3.67. The fraction of sp³-hybridized carbons (Fsp3) is 0.808. The molecule has 0 aromatic carbocycles. The summed E-state index contributed by atoms with van der Waals surface area (Å²) in [7, 11) is 0. The Hall–Kier alpha value is -2.67. The molecular weight excluding hydrogens is 554 g/mol. The zero-order valence-electron chi connectivity index (χ0n) is 24.1. The van der Waals surface area contributed by atoms with Gasteiger partial charge in [-0.25, -0.2) is 14.4 Å². The van der Waals surface area contributed by atoms with Gasteiger partial charge in [0.2, 0.25) is 0 Å². The highest BCUT2D eigenvalue weighted by molar-refractivity contribution is 5.87. The summed E-state index contributed by atoms with van der Waals surface area (Å²) < 4.78 is 111. The summed E-state index contributed by atoms with van der Waals surface area (Å²) in [4.78, 5) is 36.9. The standard InChI is InChI=1S/C26H38F6O8/c1-14(2)18(33)36-17-12-15(23(9,10)39-19(34)37-21(3,4)5)11-16(13-17)24(25(27,28)29,26(30,31)32)40-20(35)38-22(6,7)8/h15-17H,1,11-13H2,2-10H3. The molecule has 0 spiro atoms. The minimum atomic E-state index is -6.17. The van der Waals surface area contributed by atoms with Crippen molar-refractivity contribution in [1.29, 1.82) is 0 Å². The molecule has 14 heteroatoms. The van der Waals surface area contributed by atoms with Gasteiger partial charge >= 0.3 is 36.2 Å². The van der Waals surface area contributed by atoms with Crippen molar-refractivity contribution in [3.8, 4) is 0 Å². The Labute approximate surface area is 229 Å². The molecule has 3 unspecified atom stereocenters. The molecule has 1 saturated carbocycles. The van der Waals surface area contributed by atoms with E-state index in [9.17, 15) is 40.7 Å². The van der Waals surface area contributed by atoms with Crippen molar-refractivity contribution < 1.29 is 64.4 Å². The summed E-state index contributed by atoms with van der Waals surface area (Å²) in [6, 6.07) is 0. The van der Waals surface area contributed by atoms with Crippen LogP contribution < -0.4 is 0 Å². The second-order valence-electron chi connectivity index (χ2n) is 12.4. The van der Waals surface area contributed by atoms with Crippen molar-refractivity contribution >= 4 is 18.3 Å². The van der Waals surface area contributed by atoms with Crippen LogP contribution in [0.1, 0.15) is 81.6 Å². The number of hydrogen-bond acceptors (Lipinski definition) is 8. The van der Waals surface area contributed by atoms with Gasteiger partial charge in [0.05, 0.1) is 0 Å². The minimum absolute atomic E-state index is 0.147. The van der Waals surface area contributed by atoms with Gasteiger partial charge in [0.1, 0.15) is 22.9 Å². The van der Waals surface area contributed by atoms with Crippen molar-refractivity contribution in [2.45, 2.75) is 122 Å². The van der Waals surface area contributed by atoms with Gasteiger partial charge in [0, 0.05) is 17.4 Å². The van der Waals surface area contributed by atoms with Gasteiger partial charge in [0.15, 0.2) is 0 Å². The molecule has 0 aliphatic heterocycles. The minimum Gasteiger partial charge on any atom is -0.459 e. The molecule has 0 saturated heterocycles. The van der Waals surface area contributed by atoms with E-state index in [2.05, 4.69) is 16.1 Å². The molecule has 0 aromatic heterocycles. The van der Waals surface area contributed by atoms with Gasteiger partial charge in [-0.3, -0.25) is 0 Å². The first kappa shape index (κ1) is 35.4. The van der Waals surface area contributed by atoms with Crippen molar-refractivity contribution in [3.05, 3.63) is 12.2 Å². The molecular formula is C26H38F6O8. The van der Waals surface area contributed by atoms with Crippen LogP contribution in [0.3, 0.4) is 0 Å². The average Bonchev–Trinajstić information content (AvgIpc) is 2.66. The second-order valence-corrected chi connectivity index (χ2v) is 12.4. The smallest absolute Gasteiger partial charge is 0.459 e. The summed E-state index contributed by atoms with van der Waals surface area (Å²) in [5.74, 6) is -4.82. The third kappa shape index (κ3) is 9.18.